The van der Waals surface area contributed by atoms with Gasteiger partial charge in [0.05, 0.1) is 21.2 Å². The number of nitrogens with one attached hydrogen (secondary N) is 1. The Morgan fingerprint density at radius 2 is 2.12 bits per heavy atom. The van der Waals surface area contributed by atoms with Crippen molar-refractivity contribution in [1.82, 2.24) is 9.97 Å². The number of benzene rings is 1. The van der Waals surface area contributed by atoms with Crippen molar-refractivity contribution < 1.29 is 13.0 Å². The number of aromatic nitrogens is 2. The van der Waals surface area contributed by atoms with Crippen molar-refractivity contribution in [3.63, 3.8) is 0 Å². The van der Waals surface area contributed by atoms with Gasteiger partial charge in [-0.2, -0.15) is 0 Å². The maximum absolute atomic E-state index is 10.4. The van der Waals surface area contributed by atoms with Gasteiger partial charge >= 0.3 is 0 Å². The molecule has 0 aliphatic rings. The summed E-state index contributed by atoms with van der Waals surface area (Å²) >= 11 is 1.23. The minimum atomic E-state index is -4.14. The lowest BCUT2D eigenvalue weighted by atomic mass is 10.3. The number of nitrogens with zero attached hydrogens (tertiary/aromatic N) is 1. The lowest BCUT2D eigenvalue weighted by Gasteiger charge is -2.03. The molecule has 0 amide bonds. The molecule has 86 valence electrons. The molecule has 1 N–H and O–H groups in total. The van der Waals surface area contributed by atoms with Gasteiger partial charge in [-0.1, -0.05) is 23.9 Å². The monoisotopic (exact) mass is 257 g/mol. The summed E-state index contributed by atoms with van der Waals surface area (Å²) in [5, 5.41) is 0.629. The van der Waals surface area contributed by atoms with E-state index in [9.17, 15) is 13.0 Å². The average molecular weight is 257 g/mol. The number of H-pyrrole nitrogens is 1. The Bertz CT molecular complexity index is 559. The van der Waals surface area contributed by atoms with Gasteiger partial charge in [0, 0.05) is 11.5 Å². The van der Waals surface area contributed by atoms with Crippen molar-refractivity contribution in [3.05, 3.63) is 24.3 Å². The van der Waals surface area contributed by atoms with Crippen LogP contribution in [0.3, 0.4) is 0 Å². The predicted octanol–water partition coefficient (Wildman–Crippen LogP) is 1.20. The minimum Gasteiger partial charge on any atom is -0.748 e. The highest BCUT2D eigenvalue weighted by Crippen LogP contribution is 2.18. The first-order chi connectivity index (χ1) is 7.54. The third-order valence-corrected chi connectivity index (χ3v) is 3.78. The quantitative estimate of drug-likeness (QED) is 0.657. The standard InChI is InChI=1S/C9H10N2O3S2/c12-16(13,14)6-5-15-9-10-7-3-1-2-4-8(7)11-9/h1-4H,5-6H2,(H,10,11)(H,12,13,14)/p-1. The molecule has 1 aromatic heterocycles. The summed E-state index contributed by atoms with van der Waals surface area (Å²) in [6.45, 7) is 0. The molecule has 1 heterocycles. The van der Waals surface area contributed by atoms with E-state index >= 15 is 0 Å². The second-order valence-electron chi connectivity index (χ2n) is 3.17. The molecule has 0 saturated heterocycles. The highest BCUT2D eigenvalue weighted by atomic mass is 32.2. The molecule has 0 spiro atoms. The van der Waals surface area contributed by atoms with Crippen LogP contribution in [0.5, 0.6) is 0 Å². The molecule has 0 unspecified atom stereocenters. The van der Waals surface area contributed by atoms with E-state index in [4.69, 9.17) is 0 Å². The van der Waals surface area contributed by atoms with Gasteiger partial charge in [-0.25, -0.2) is 13.4 Å². The zero-order valence-electron chi connectivity index (χ0n) is 8.21. The fourth-order valence-corrected chi connectivity index (χ4v) is 2.93. The first-order valence-electron chi connectivity index (χ1n) is 4.56. The molecular formula is C9H9N2O3S2-. The smallest absolute Gasteiger partial charge is 0.166 e. The number of hydrogen-bond donors (Lipinski definition) is 1. The summed E-state index contributed by atoms with van der Waals surface area (Å²) in [6, 6.07) is 7.51. The van der Waals surface area contributed by atoms with Gasteiger partial charge in [0.1, 0.15) is 0 Å². The van der Waals surface area contributed by atoms with Gasteiger partial charge in [-0.3, -0.25) is 0 Å². The fourth-order valence-electron chi connectivity index (χ4n) is 1.24. The van der Waals surface area contributed by atoms with Crippen molar-refractivity contribution in [2.24, 2.45) is 0 Å². The van der Waals surface area contributed by atoms with Gasteiger partial charge in [0.25, 0.3) is 0 Å². The Morgan fingerprint density at radius 1 is 1.38 bits per heavy atom. The topological polar surface area (TPSA) is 85.9 Å². The van der Waals surface area contributed by atoms with Gasteiger partial charge in [-0.05, 0) is 12.1 Å². The summed E-state index contributed by atoms with van der Waals surface area (Å²) < 4.78 is 31.2. The Kier molecular flexibility index (Phi) is 3.17. The second-order valence-corrected chi connectivity index (χ2v) is 5.78. The lowest BCUT2D eigenvalue weighted by molar-refractivity contribution is 0.465. The van der Waals surface area contributed by atoms with Crippen LogP contribution in [0.4, 0.5) is 0 Å². The molecule has 0 bridgehead atoms. The maximum atomic E-state index is 10.4. The molecule has 0 saturated carbocycles. The zero-order valence-corrected chi connectivity index (χ0v) is 9.85. The molecular weight excluding hydrogens is 248 g/mol. The minimum absolute atomic E-state index is 0.214. The molecule has 0 radical (unpaired) electrons. The SMILES string of the molecule is O=S(=O)([O-])CCSc1nc2ccccc2[nH]1. The van der Waals surface area contributed by atoms with Crippen LogP contribution < -0.4 is 0 Å². The molecule has 1 aromatic carbocycles. The third-order valence-electron chi connectivity index (χ3n) is 1.94. The van der Waals surface area contributed by atoms with E-state index in [0.29, 0.717) is 5.16 Å². The summed E-state index contributed by atoms with van der Waals surface area (Å²) in [6.07, 6.45) is 0. The number of hydrogen-bond acceptors (Lipinski definition) is 5. The van der Waals surface area contributed by atoms with Crippen molar-refractivity contribution in [2.75, 3.05) is 11.5 Å². The van der Waals surface area contributed by atoms with Gasteiger partial charge in [0.2, 0.25) is 0 Å². The number of para-hydroxylation sites is 2. The van der Waals surface area contributed by atoms with Crippen LogP contribution in [-0.4, -0.2) is 34.4 Å². The first kappa shape index (κ1) is 11.4. The number of fused-ring (bicyclic) bond motifs is 1. The van der Waals surface area contributed by atoms with Crippen LogP contribution >= 0.6 is 11.8 Å². The normalized spacial score (nSPS) is 12.1. The Hall–Kier alpha value is -1.05. The van der Waals surface area contributed by atoms with Crippen LogP contribution in [0.2, 0.25) is 0 Å². The second kappa shape index (κ2) is 4.44. The Labute approximate surface area is 97.0 Å². The van der Waals surface area contributed by atoms with Crippen molar-refractivity contribution >= 4 is 32.9 Å². The molecule has 7 heteroatoms. The largest absolute Gasteiger partial charge is 0.748 e. The summed E-state index contributed by atoms with van der Waals surface area (Å²) in [5.41, 5.74) is 1.73. The molecule has 0 aliphatic heterocycles. The number of thioether (sulfide) groups is 1. The van der Waals surface area contributed by atoms with Gasteiger partial charge in [0.15, 0.2) is 5.16 Å². The maximum Gasteiger partial charge on any atom is 0.166 e. The Morgan fingerprint density at radius 3 is 2.81 bits per heavy atom. The lowest BCUT2D eigenvalue weighted by Crippen LogP contribution is -2.06. The van der Waals surface area contributed by atoms with Crippen LogP contribution in [0.1, 0.15) is 0 Å². The molecule has 0 fully saturated rings. The highest BCUT2D eigenvalue weighted by molar-refractivity contribution is 8.00. The third kappa shape index (κ3) is 2.97. The molecule has 0 atom stereocenters. The number of rotatable bonds is 4. The molecule has 2 rings (SSSR count). The molecule has 0 aliphatic carbocycles. The van der Waals surface area contributed by atoms with E-state index in [0.717, 1.165) is 11.0 Å². The van der Waals surface area contributed by atoms with E-state index in [2.05, 4.69) is 9.97 Å². The summed E-state index contributed by atoms with van der Waals surface area (Å²) in [7, 11) is -4.14. The van der Waals surface area contributed by atoms with Crippen LogP contribution in [0.25, 0.3) is 11.0 Å². The molecule has 5 nitrogen and oxygen atoms in total. The van der Waals surface area contributed by atoms with E-state index in [-0.39, 0.29) is 11.5 Å². The van der Waals surface area contributed by atoms with Crippen LogP contribution in [-0.2, 0) is 10.1 Å². The highest BCUT2D eigenvalue weighted by Gasteiger charge is 2.03. The van der Waals surface area contributed by atoms with Gasteiger partial charge in [-0.15, -0.1) is 0 Å². The van der Waals surface area contributed by atoms with Crippen molar-refractivity contribution in [1.29, 1.82) is 0 Å². The number of imidazole rings is 1. The zero-order chi connectivity index (χ0) is 11.6. The van der Waals surface area contributed by atoms with Crippen LogP contribution in [0, 0.1) is 0 Å². The van der Waals surface area contributed by atoms with E-state index < -0.39 is 10.1 Å². The van der Waals surface area contributed by atoms with E-state index in [1.807, 2.05) is 24.3 Å². The van der Waals surface area contributed by atoms with Crippen molar-refractivity contribution in [2.45, 2.75) is 5.16 Å². The van der Waals surface area contributed by atoms with Crippen LogP contribution in [0.15, 0.2) is 29.4 Å². The molecule has 16 heavy (non-hydrogen) atoms. The summed E-state index contributed by atoms with van der Waals surface area (Å²) in [5.74, 6) is -0.166. The molecule has 2 aromatic rings. The number of aromatic amines is 1. The summed E-state index contributed by atoms with van der Waals surface area (Å²) in [4.78, 5) is 7.28. The average Bonchev–Trinajstić information content (AvgIpc) is 2.57. The van der Waals surface area contributed by atoms with E-state index in [1.165, 1.54) is 11.8 Å². The van der Waals surface area contributed by atoms with Gasteiger partial charge < -0.3 is 9.54 Å². The predicted molar refractivity (Wildman–Crippen MR) is 61.4 cm³/mol. The van der Waals surface area contributed by atoms with Crippen molar-refractivity contribution in [3.8, 4) is 0 Å². The Balaban J connectivity index is 2.05. The first-order valence-corrected chi connectivity index (χ1v) is 7.12. The fraction of sp³-hybridized carbons (Fsp3) is 0.222. The van der Waals surface area contributed by atoms with E-state index in [1.54, 1.807) is 0 Å².